The van der Waals surface area contributed by atoms with E-state index in [-0.39, 0.29) is 6.04 Å². The number of hydrogen-bond acceptors (Lipinski definition) is 5. The first-order chi connectivity index (χ1) is 8.72. The maximum atomic E-state index is 11.1. The number of nitrogens with one attached hydrogen (secondary N) is 2. The van der Waals surface area contributed by atoms with Crippen molar-refractivity contribution in [3.63, 3.8) is 0 Å². The molecule has 1 aromatic carbocycles. The summed E-state index contributed by atoms with van der Waals surface area (Å²) in [6, 6.07) is 3.71. The van der Waals surface area contributed by atoms with E-state index in [0.29, 0.717) is 23.4 Å². The number of aromatic nitrogens is 1. The molecule has 0 radical (unpaired) electrons. The minimum Gasteiger partial charge on any atom is -0.408 e. The summed E-state index contributed by atoms with van der Waals surface area (Å²) in [7, 11) is 0. The van der Waals surface area contributed by atoms with E-state index in [1.165, 1.54) is 0 Å². The highest BCUT2D eigenvalue weighted by atomic mass is 16.5. The van der Waals surface area contributed by atoms with E-state index in [4.69, 9.17) is 14.9 Å². The van der Waals surface area contributed by atoms with Crippen molar-refractivity contribution in [2.75, 3.05) is 24.3 Å². The molecule has 2 heterocycles. The Labute approximate surface area is 103 Å². The first kappa shape index (κ1) is 11.2. The first-order valence-corrected chi connectivity index (χ1v) is 5.99. The number of rotatable bonds is 2. The second-order valence-corrected chi connectivity index (χ2v) is 4.51. The van der Waals surface area contributed by atoms with Gasteiger partial charge < -0.3 is 20.2 Å². The summed E-state index contributed by atoms with van der Waals surface area (Å²) in [6.07, 6.45) is 2.10. The SMILES string of the molecule is Nc1cc2oc(=O)[nH]c2cc1NC1CCCOC1. The number of oxazole rings is 1. The quantitative estimate of drug-likeness (QED) is 0.697. The zero-order valence-electron chi connectivity index (χ0n) is 9.86. The van der Waals surface area contributed by atoms with E-state index < -0.39 is 5.76 Å². The number of hydrogen-bond donors (Lipinski definition) is 3. The lowest BCUT2D eigenvalue weighted by Gasteiger charge is -2.24. The second kappa shape index (κ2) is 4.38. The molecule has 1 saturated heterocycles. The summed E-state index contributed by atoms with van der Waals surface area (Å²) in [5, 5.41) is 3.34. The smallest absolute Gasteiger partial charge is 0.408 e. The lowest BCUT2D eigenvalue weighted by atomic mass is 10.1. The highest BCUT2D eigenvalue weighted by molar-refractivity contribution is 5.85. The molecular formula is C12H15N3O3. The molecule has 1 fully saturated rings. The number of nitrogens with two attached hydrogens (primary N) is 1. The molecule has 0 aliphatic carbocycles. The van der Waals surface area contributed by atoms with Gasteiger partial charge in [-0.3, -0.25) is 4.98 Å². The van der Waals surface area contributed by atoms with Gasteiger partial charge >= 0.3 is 5.76 Å². The van der Waals surface area contributed by atoms with Gasteiger partial charge in [-0.15, -0.1) is 0 Å². The van der Waals surface area contributed by atoms with Crippen LogP contribution in [0.4, 0.5) is 11.4 Å². The topological polar surface area (TPSA) is 93.3 Å². The van der Waals surface area contributed by atoms with Crippen LogP contribution in [0.15, 0.2) is 21.3 Å². The molecule has 0 saturated carbocycles. The Morgan fingerprint density at radius 1 is 1.44 bits per heavy atom. The van der Waals surface area contributed by atoms with Gasteiger partial charge in [0.15, 0.2) is 5.58 Å². The fraction of sp³-hybridized carbons (Fsp3) is 0.417. The fourth-order valence-corrected chi connectivity index (χ4v) is 2.21. The molecule has 1 unspecified atom stereocenters. The van der Waals surface area contributed by atoms with Gasteiger partial charge in [-0.1, -0.05) is 0 Å². The molecular weight excluding hydrogens is 234 g/mol. The van der Waals surface area contributed by atoms with Crippen molar-refractivity contribution in [1.29, 1.82) is 0 Å². The van der Waals surface area contributed by atoms with E-state index in [1.807, 2.05) is 0 Å². The minimum absolute atomic E-state index is 0.261. The predicted octanol–water partition coefficient (Wildman–Crippen LogP) is 1.29. The molecule has 0 bridgehead atoms. The summed E-state index contributed by atoms with van der Waals surface area (Å²) in [6.45, 7) is 1.50. The van der Waals surface area contributed by atoms with Crippen molar-refractivity contribution in [1.82, 2.24) is 4.98 Å². The van der Waals surface area contributed by atoms with Crippen LogP contribution < -0.4 is 16.8 Å². The Balaban J connectivity index is 1.90. The molecule has 0 amide bonds. The zero-order valence-corrected chi connectivity index (χ0v) is 9.86. The Bertz CT molecular complexity index is 611. The van der Waals surface area contributed by atoms with Crippen LogP contribution in [-0.2, 0) is 4.74 Å². The molecule has 0 spiro atoms. The number of H-pyrrole nitrogens is 1. The van der Waals surface area contributed by atoms with Gasteiger partial charge in [-0.05, 0) is 18.9 Å². The van der Waals surface area contributed by atoms with Crippen LogP contribution in [0.2, 0.25) is 0 Å². The van der Waals surface area contributed by atoms with Gasteiger partial charge in [0, 0.05) is 18.7 Å². The van der Waals surface area contributed by atoms with Gasteiger partial charge in [-0.25, -0.2) is 4.79 Å². The van der Waals surface area contributed by atoms with Crippen LogP contribution in [0.5, 0.6) is 0 Å². The Hall–Kier alpha value is -1.95. The number of fused-ring (bicyclic) bond motifs is 1. The minimum atomic E-state index is -0.470. The zero-order chi connectivity index (χ0) is 12.5. The van der Waals surface area contributed by atoms with Crippen LogP contribution in [0, 0.1) is 0 Å². The van der Waals surface area contributed by atoms with E-state index in [0.717, 1.165) is 25.1 Å². The van der Waals surface area contributed by atoms with E-state index >= 15 is 0 Å². The summed E-state index contributed by atoms with van der Waals surface area (Å²) in [4.78, 5) is 13.7. The predicted molar refractivity (Wildman–Crippen MR) is 68.7 cm³/mol. The molecule has 1 aliphatic heterocycles. The standard InChI is InChI=1S/C12H15N3O3/c13-8-4-11-10(15-12(16)18-11)5-9(8)14-7-2-1-3-17-6-7/h4-5,7,14H,1-3,6,13H2,(H,15,16). The van der Waals surface area contributed by atoms with Crippen molar-refractivity contribution in [2.45, 2.75) is 18.9 Å². The molecule has 18 heavy (non-hydrogen) atoms. The van der Waals surface area contributed by atoms with Crippen LogP contribution in [0.3, 0.4) is 0 Å². The first-order valence-electron chi connectivity index (χ1n) is 5.99. The highest BCUT2D eigenvalue weighted by Gasteiger charge is 2.15. The highest BCUT2D eigenvalue weighted by Crippen LogP contribution is 2.26. The van der Waals surface area contributed by atoms with E-state index in [1.54, 1.807) is 12.1 Å². The van der Waals surface area contributed by atoms with Crippen LogP contribution in [-0.4, -0.2) is 24.2 Å². The number of aromatic amines is 1. The molecule has 4 N–H and O–H groups in total. The van der Waals surface area contributed by atoms with Crippen molar-refractivity contribution in [2.24, 2.45) is 0 Å². The summed E-state index contributed by atoms with van der Waals surface area (Å²) >= 11 is 0. The van der Waals surface area contributed by atoms with Crippen LogP contribution >= 0.6 is 0 Å². The molecule has 6 heteroatoms. The Morgan fingerprint density at radius 3 is 3.11 bits per heavy atom. The molecule has 1 atom stereocenters. The molecule has 1 aromatic heterocycles. The molecule has 2 aromatic rings. The second-order valence-electron chi connectivity index (χ2n) is 4.51. The number of nitrogen functional groups attached to an aromatic ring is 1. The van der Waals surface area contributed by atoms with Crippen molar-refractivity contribution in [3.8, 4) is 0 Å². The molecule has 3 rings (SSSR count). The van der Waals surface area contributed by atoms with Gasteiger partial charge in [0.25, 0.3) is 0 Å². The summed E-state index contributed by atoms with van der Waals surface area (Å²) in [5.41, 5.74) is 8.42. The third kappa shape index (κ3) is 2.06. The Kier molecular flexibility index (Phi) is 2.71. The summed E-state index contributed by atoms with van der Waals surface area (Å²) in [5.74, 6) is -0.470. The average molecular weight is 249 g/mol. The van der Waals surface area contributed by atoms with Crippen LogP contribution in [0.1, 0.15) is 12.8 Å². The third-order valence-electron chi connectivity index (χ3n) is 3.11. The van der Waals surface area contributed by atoms with Gasteiger partial charge in [0.2, 0.25) is 0 Å². The lowest BCUT2D eigenvalue weighted by Crippen LogP contribution is -2.30. The van der Waals surface area contributed by atoms with Crippen molar-refractivity contribution < 1.29 is 9.15 Å². The largest absolute Gasteiger partial charge is 0.417 e. The molecule has 96 valence electrons. The molecule has 6 nitrogen and oxygen atoms in total. The maximum absolute atomic E-state index is 11.1. The summed E-state index contributed by atoms with van der Waals surface area (Å²) < 4.78 is 10.4. The number of benzene rings is 1. The monoisotopic (exact) mass is 249 g/mol. The molecule has 1 aliphatic rings. The number of ether oxygens (including phenoxy) is 1. The fourth-order valence-electron chi connectivity index (χ4n) is 2.21. The third-order valence-corrected chi connectivity index (χ3v) is 3.11. The Morgan fingerprint density at radius 2 is 2.33 bits per heavy atom. The van der Waals surface area contributed by atoms with Crippen molar-refractivity contribution >= 4 is 22.5 Å². The van der Waals surface area contributed by atoms with Gasteiger partial charge in [0.1, 0.15) is 0 Å². The normalized spacial score (nSPS) is 20.1. The lowest BCUT2D eigenvalue weighted by molar-refractivity contribution is 0.0876. The van der Waals surface area contributed by atoms with Crippen LogP contribution in [0.25, 0.3) is 11.1 Å². The average Bonchev–Trinajstić information content (AvgIpc) is 2.70. The maximum Gasteiger partial charge on any atom is 0.417 e. The van der Waals surface area contributed by atoms with E-state index in [2.05, 4.69) is 10.3 Å². The van der Waals surface area contributed by atoms with Gasteiger partial charge in [-0.2, -0.15) is 0 Å². The number of anilines is 2. The van der Waals surface area contributed by atoms with Crippen molar-refractivity contribution in [3.05, 3.63) is 22.7 Å². The van der Waals surface area contributed by atoms with Gasteiger partial charge in [0.05, 0.1) is 23.5 Å². The van der Waals surface area contributed by atoms with E-state index in [9.17, 15) is 4.79 Å².